The zero-order valence-electron chi connectivity index (χ0n) is 12.7. The molecule has 1 aliphatic rings. The van der Waals surface area contributed by atoms with Crippen molar-refractivity contribution in [1.29, 1.82) is 0 Å². The van der Waals surface area contributed by atoms with Crippen molar-refractivity contribution < 1.29 is 4.39 Å². The molecule has 0 heterocycles. The molecule has 0 amide bonds. The van der Waals surface area contributed by atoms with Crippen LogP contribution in [0.2, 0.25) is 0 Å². The summed E-state index contributed by atoms with van der Waals surface area (Å²) >= 11 is 0. The lowest BCUT2D eigenvalue weighted by molar-refractivity contribution is 0.357. The third-order valence-electron chi connectivity index (χ3n) is 4.25. The largest absolute Gasteiger partial charge is 0.206 e. The molecule has 0 saturated heterocycles. The molecule has 2 rings (SSSR count). The van der Waals surface area contributed by atoms with E-state index in [2.05, 4.69) is 30.6 Å². The first-order valence-electron chi connectivity index (χ1n) is 7.82. The van der Waals surface area contributed by atoms with E-state index < -0.39 is 0 Å². The number of rotatable bonds is 3. The van der Waals surface area contributed by atoms with Gasteiger partial charge in [-0.15, -0.1) is 6.58 Å². The van der Waals surface area contributed by atoms with E-state index in [1.807, 2.05) is 19.1 Å². The van der Waals surface area contributed by atoms with Gasteiger partial charge >= 0.3 is 0 Å². The van der Waals surface area contributed by atoms with Crippen LogP contribution < -0.4 is 0 Å². The molecule has 21 heavy (non-hydrogen) atoms. The van der Waals surface area contributed by atoms with Gasteiger partial charge in [-0.25, -0.2) is 4.39 Å². The van der Waals surface area contributed by atoms with Crippen LogP contribution in [0.4, 0.5) is 4.39 Å². The van der Waals surface area contributed by atoms with E-state index in [9.17, 15) is 4.39 Å². The van der Waals surface area contributed by atoms with Gasteiger partial charge in [-0.2, -0.15) is 0 Å². The van der Waals surface area contributed by atoms with E-state index in [1.165, 1.54) is 25.7 Å². The topological polar surface area (TPSA) is 0 Å². The summed E-state index contributed by atoms with van der Waals surface area (Å²) < 4.78 is 13.8. The minimum absolute atomic E-state index is 0.221. The Morgan fingerprint density at radius 1 is 1.24 bits per heavy atom. The molecule has 1 fully saturated rings. The van der Waals surface area contributed by atoms with Crippen LogP contribution in [0.15, 0.2) is 43.0 Å². The molecule has 0 bridgehead atoms. The van der Waals surface area contributed by atoms with E-state index in [4.69, 9.17) is 0 Å². The Labute approximate surface area is 127 Å². The maximum atomic E-state index is 13.8. The Morgan fingerprint density at radius 2 is 1.95 bits per heavy atom. The third-order valence-corrected chi connectivity index (χ3v) is 4.25. The van der Waals surface area contributed by atoms with Gasteiger partial charge < -0.3 is 0 Å². The van der Waals surface area contributed by atoms with Crippen molar-refractivity contribution in [2.75, 3.05) is 0 Å². The van der Waals surface area contributed by atoms with E-state index in [0.717, 1.165) is 12.0 Å². The van der Waals surface area contributed by atoms with Gasteiger partial charge in [0.15, 0.2) is 0 Å². The highest BCUT2D eigenvalue weighted by molar-refractivity contribution is 5.39. The number of hydrogen-bond acceptors (Lipinski definition) is 0. The lowest BCUT2D eigenvalue weighted by Gasteiger charge is -2.23. The summed E-state index contributed by atoms with van der Waals surface area (Å²) in [5.74, 6) is 6.94. The SMILES string of the molecule is C=CC1CCC(/C=C/C#Cc2ccc(CC)cc2F)CC1. The summed E-state index contributed by atoms with van der Waals surface area (Å²) in [6.45, 7) is 5.88. The smallest absolute Gasteiger partial charge is 0.139 e. The monoisotopic (exact) mass is 282 g/mol. The van der Waals surface area contributed by atoms with Crippen molar-refractivity contribution in [3.8, 4) is 11.8 Å². The van der Waals surface area contributed by atoms with Crippen molar-refractivity contribution in [1.82, 2.24) is 0 Å². The molecule has 1 aromatic carbocycles. The van der Waals surface area contributed by atoms with Crippen LogP contribution in [0.5, 0.6) is 0 Å². The van der Waals surface area contributed by atoms with E-state index in [1.54, 1.807) is 12.1 Å². The summed E-state index contributed by atoms with van der Waals surface area (Å²) in [7, 11) is 0. The Morgan fingerprint density at radius 3 is 2.57 bits per heavy atom. The van der Waals surface area contributed by atoms with Crippen LogP contribution in [-0.2, 0) is 6.42 Å². The molecule has 0 atom stereocenters. The average Bonchev–Trinajstić information content (AvgIpc) is 2.53. The molecule has 1 aliphatic carbocycles. The standard InChI is InChI=1S/C20H23F/c1-3-16-9-11-18(12-10-16)7-5-6-8-19-14-13-17(4-2)15-20(19)21/h3,5,7,13-16,18H,1,4,9-12H2,2H3/b7-5+. The Bertz CT molecular complexity index is 563. The van der Waals surface area contributed by atoms with Gasteiger partial charge in [0.1, 0.15) is 5.82 Å². The van der Waals surface area contributed by atoms with Crippen molar-refractivity contribution in [3.63, 3.8) is 0 Å². The molecule has 0 unspecified atom stereocenters. The zero-order chi connectivity index (χ0) is 15.1. The summed E-state index contributed by atoms with van der Waals surface area (Å²) in [6, 6.07) is 5.28. The molecule has 0 spiro atoms. The van der Waals surface area contributed by atoms with Crippen LogP contribution >= 0.6 is 0 Å². The predicted molar refractivity (Wildman–Crippen MR) is 87.4 cm³/mol. The molecule has 1 heteroatoms. The van der Waals surface area contributed by atoms with Crippen LogP contribution in [-0.4, -0.2) is 0 Å². The maximum Gasteiger partial charge on any atom is 0.139 e. The molecule has 0 aromatic heterocycles. The van der Waals surface area contributed by atoms with Gasteiger partial charge in [-0.1, -0.05) is 37.0 Å². The summed E-state index contributed by atoms with van der Waals surface area (Å²) in [5.41, 5.74) is 1.49. The molecule has 0 nitrogen and oxygen atoms in total. The Kier molecular flexibility index (Phi) is 5.81. The van der Waals surface area contributed by atoms with Crippen LogP contribution in [0.3, 0.4) is 0 Å². The van der Waals surface area contributed by atoms with Crippen molar-refractivity contribution in [3.05, 3.63) is 60.0 Å². The number of hydrogen-bond donors (Lipinski definition) is 0. The van der Waals surface area contributed by atoms with Gasteiger partial charge in [-0.3, -0.25) is 0 Å². The maximum absolute atomic E-state index is 13.8. The van der Waals surface area contributed by atoms with E-state index in [0.29, 0.717) is 17.4 Å². The Balaban J connectivity index is 1.91. The lowest BCUT2D eigenvalue weighted by Crippen LogP contribution is -2.10. The van der Waals surface area contributed by atoms with Crippen molar-refractivity contribution in [2.24, 2.45) is 11.8 Å². The third kappa shape index (κ3) is 4.60. The number of aryl methyl sites for hydroxylation is 1. The molecular formula is C20H23F. The molecular weight excluding hydrogens is 259 g/mol. The van der Waals surface area contributed by atoms with Crippen LogP contribution in [0, 0.1) is 29.5 Å². The normalized spacial score (nSPS) is 21.8. The summed E-state index contributed by atoms with van der Waals surface area (Å²) in [4.78, 5) is 0. The number of benzene rings is 1. The van der Waals surface area contributed by atoms with Crippen LogP contribution in [0.25, 0.3) is 0 Å². The van der Waals surface area contributed by atoms with Gasteiger partial charge in [-0.05, 0) is 67.7 Å². The molecule has 1 aromatic rings. The second-order valence-electron chi connectivity index (χ2n) is 5.71. The molecule has 0 radical (unpaired) electrons. The molecule has 0 aliphatic heterocycles. The second-order valence-corrected chi connectivity index (χ2v) is 5.71. The van der Waals surface area contributed by atoms with Gasteiger partial charge in [0.05, 0.1) is 5.56 Å². The average molecular weight is 282 g/mol. The number of halogens is 1. The quantitative estimate of drug-likeness (QED) is 0.522. The van der Waals surface area contributed by atoms with Gasteiger partial charge in [0.25, 0.3) is 0 Å². The molecule has 1 saturated carbocycles. The van der Waals surface area contributed by atoms with E-state index >= 15 is 0 Å². The fourth-order valence-corrected chi connectivity index (χ4v) is 2.76. The second kappa shape index (κ2) is 7.84. The fraction of sp³-hybridized carbons (Fsp3) is 0.400. The first-order valence-corrected chi connectivity index (χ1v) is 7.82. The zero-order valence-corrected chi connectivity index (χ0v) is 12.7. The van der Waals surface area contributed by atoms with Gasteiger partial charge in [0.2, 0.25) is 0 Å². The van der Waals surface area contributed by atoms with E-state index in [-0.39, 0.29) is 5.82 Å². The van der Waals surface area contributed by atoms with Crippen molar-refractivity contribution >= 4 is 0 Å². The summed E-state index contributed by atoms with van der Waals surface area (Å²) in [5, 5.41) is 0. The minimum atomic E-state index is -0.221. The highest BCUT2D eigenvalue weighted by Gasteiger charge is 2.16. The predicted octanol–water partition coefficient (Wildman–Crippen LogP) is 5.29. The summed E-state index contributed by atoms with van der Waals surface area (Å²) in [6.07, 6.45) is 11.8. The van der Waals surface area contributed by atoms with Crippen molar-refractivity contribution in [2.45, 2.75) is 39.0 Å². The molecule has 0 N–H and O–H groups in total. The first kappa shape index (κ1) is 15.6. The minimum Gasteiger partial charge on any atom is -0.206 e. The first-order chi connectivity index (χ1) is 10.2. The fourth-order valence-electron chi connectivity index (χ4n) is 2.76. The Hall–Kier alpha value is -1.81. The number of allylic oxidation sites excluding steroid dienone is 3. The highest BCUT2D eigenvalue weighted by atomic mass is 19.1. The molecule has 110 valence electrons. The van der Waals surface area contributed by atoms with Crippen LogP contribution in [0.1, 0.15) is 43.7 Å². The lowest BCUT2D eigenvalue weighted by atomic mass is 9.82. The van der Waals surface area contributed by atoms with Gasteiger partial charge in [0, 0.05) is 0 Å². The highest BCUT2D eigenvalue weighted by Crippen LogP contribution is 2.29.